The standard InChI is InChI=1S/C19H17Cl2N5O3S2/c1-31(27,28)25-8-6-11(7-9-25)17-22-23-19-26(17)24-18(30-19)16-5-4-15(29-16)13-3-2-12(20)10-14(13)21/h2-5,10-11H,6-9H2,1H3. The third-order valence-electron chi connectivity index (χ3n) is 5.32. The van der Waals surface area contributed by atoms with Crippen molar-refractivity contribution >= 4 is 49.5 Å². The summed E-state index contributed by atoms with van der Waals surface area (Å²) in [6.07, 6.45) is 2.60. The van der Waals surface area contributed by atoms with E-state index in [1.54, 1.807) is 16.6 Å². The highest BCUT2D eigenvalue weighted by molar-refractivity contribution is 7.88. The first kappa shape index (κ1) is 20.9. The zero-order valence-electron chi connectivity index (χ0n) is 16.3. The highest BCUT2D eigenvalue weighted by atomic mass is 35.5. The third kappa shape index (κ3) is 3.98. The first-order valence-corrected chi connectivity index (χ1v) is 12.9. The summed E-state index contributed by atoms with van der Waals surface area (Å²) in [6.45, 7) is 0.942. The Balaban J connectivity index is 1.41. The summed E-state index contributed by atoms with van der Waals surface area (Å²) in [7, 11) is -3.17. The summed E-state index contributed by atoms with van der Waals surface area (Å²) >= 11 is 13.6. The second kappa shape index (κ2) is 7.86. The minimum Gasteiger partial charge on any atom is -0.453 e. The van der Waals surface area contributed by atoms with Crippen LogP contribution >= 0.6 is 34.5 Å². The van der Waals surface area contributed by atoms with Crippen molar-refractivity contribution in [3.8, 4) is 22.1 Å². The fourth-order valence-corrected chi connectivity index (χ4v) is 5.90. The van der Waals surface area contributed by atoms with E-state index < -0.39 is 10.0 Å². The summed E-state index contributed by atoms with van der Waals surface area (Å²) in [6, 6.07) is 8.93. The molecule has 162 valence electrons. The lowest BCUT2D eigenvalue weighted by Gasteiger charge is -2.28. The lowest BCUT2D eigenvalue weighted by molar-refractivity contribution is 0.313. The number of benzene rings is 1. The molecule has 4 aromatic rings. The van der Waals surface area contributed by atoms with E-state index in [4.69, 9.17) is 27.6 Å². The van der Waals surface area contributed by atoms with Gasteiger partial charge in [0, 0.05) is 29.6 Å². The van der Waals surface area contributed by atoms with Crippen molar-refractivity contribution in [3.63, 3.8) is 0 Å². The van der Waals surface area contributed by atoms with Gasteiger partial charge in [-0.2, -0.15) is 4.52 Å². The average molecular weight is 498 g/mol. The van der Waals surface area contributed by atoms with Crippen LogP contribution in [0.2, 0.25) is 10.0 Å². The molecule has 0 N–H and O–H groups in total. The van der Waals surface area contributed by atoms with Crippen LogP contribution in [0.3, 0.4) is 0 Å². The highest BCUT2D eigenvalue weighted by Crippen LogP contribution is 2.36. The zero-order chi connectivity index (χ0) is 21.8. The highest BCUT2D eigenvalue weighted by Gasteiger charge is 2.29. The van der Waals surface area contributed by atoms with E-state index >= 15 is 0 Å². The molecule has 0 radical (unpaired) electrons. The van der Waals surface area contributed by atoms with Crippen molar-refractivity contribution in [2.45, 2.75) is 18.8 Å². The van der Waals surface area contributed by atoms with Crippen LogP contribution in [-0.4, -0.2) is 51.9 Å². The molecule has 1 aromatic carbocycles. The number of aromatic nitrogens is 4. The van der Waals surface area contributed by atoms with E-state index in [-0.39, 0.29) is 5.92 Å². The molecular weight excluding hydrogens is 481 g/mol. The van der Waals surface area contributed by atoms with Gasteiger partial charge < -0.3 is 4.42 Å². The maximum absolute atomic E-state index is 11.8. The normalized spacial score (nSPS) is 16.4. The van der Waals surface area contributed by atoms with Crippen LogP contribution in [0.1, 0.15) is 24.6 Å². The molecule has 0 aliphatic carbocycles. The summed E-state index contributed by atoms with van der Waals surface area (Å²) in [5, 5.41) is 15.0. The Hall–Kier alpha value is -1.98. The number of nitrogens with zero attached hydrogens (tertiary/aromatic N) is 5. The van der Waals surface area contributed by atoms with E-state index in [0.29, 0.717) is 57.5 Å². The number of furan rings is 1. The summed E-state index contributed by atoms with van der Waals surface area (Å²) in [5.74, 6) is 2.08. The van der Waals surface area contributed by atoms with E-state index in [1.807, 2.05) is 18.2 Å². The SMILES string of the molecule is CS(=O)(=O)N1CCC(c2nnc3sc(-c4ccc(-c5ccc(Cl)cc5Cl)o4)nn23)CC1. The fraction of sp³-hybridized carbons (Fsp3) is 0.316. The number of hydrogen-bond acceptors (Lipinski definition) is 7. The summed E-state index contributed by atoms with van der Waals surface area (Å²) < 4.78 is 32.7. The van der Waals surface area contributed by atoms with E-state index in [2.05, 4.69) is 15.3 Å². The van der Waals surface area contributed by atoms with Gasteiger partial charge in [-0.25, -0.2) is 12.7 Å². The summed E-state index contributed by atoms with van der Waals surface area (Å²) in [5.41, 5.74) is 0.749. The number of sulfonamides is 1. The molecule has 0 amide bonds. The van der Waals surface area contributed by atoms with Crippen LogP contribution < -0.4 is 0 Å². The zero-order valence-corrected chi connectivity index (χ0v) is 19.5. The molecule has 3 aromatic heterocycles. The molecule has 1 aliphatic heterocycles. The molecule has 8 nitrogen and oxygen atoms in total. The average Bonchev–Trinajstić information content (AvgIpc) is 3.43. The molecule has 0 bridgehead atoms. The van der Waals surface area contributed by atoms with Crippen molar-refractivity contribution in [3.05, 3.63) is 46.2 Å². The third-order valence-corrected chi connectivity index (χ3v) is 8.08. The molecule has 0 spiro atoms. The molecule has 1 fully saturated rings. The number of halogens is 2. The molecule has 1 saturated heterocycles. The molecule has 31 heavy (non-hydrogen) atoms. The van der Waals surface area contributed by atoms with Gasteiger partial charge in [-0.3, -0.25) is 0 Å². The molecule has 0 saturated carbocycles. The van der Waals surface area contributed by atoms with Crippen LogP contribution in [0, 0.1) is 0 Å². The second-order valence-corrected chi connectivity index (χ2v) is 11.2. The number of rotatable bonds is 4. The summed E-state index contributed by atoms with van der Waals surface area (Å²) in [4.78, 5) is 0.665. The second-order valence-electron chi connectivity index (χ2n) is 7.38. The smallest absolute Gasteiger partial charge is 0.235 e. The quantitative estimate of drug-likeness (QED) is 0.410. The fourth-order valence-electron chi connectivity index (χ4n) is 3.72. The molecule has 0 atom stereocenters. The molecule has 5 rings (SSSR count). The first-order chi connectivity index (χ1) is 14.8. The van der Waals surface area contributed by atoms with Gasteiger partial charge in [0.25, 0.3) is 0 Å². The molecule has 12 heteroatoms. The predicted octanol–water partition coefficient (Wildman–Crippen LogP) is 4.56. The van der Waals surface area contributed by atoms with Crippen molar-refractivity contribution in [1.82, 2.24) is 24.1 Å². The Bertz CT molecular complexity index is 1370. The Labute approximate surface area is 192 Å². The van der Waals surface area contributed by atoms with Gasteiger partial charge in [0.1, 0.15) is 5.76 Å². The van der Waals surface area contributed by atoms with Crippen LogP contribution in [0.25, 0.3) is 27.1 Å². The minimum atomic E-state index is -3.17. The Morgan fingerprint density at radius 2 is 1.84 bits per heavy atom. The molecule has 4 heterocycles. The van der Waals surface area contributed by atoms with Gasteiger partial charge in [-0.1, -0.05) is 34.5 Å². The van der Waals surface area contributed by atoms with Crippen LogP contribution in [-0.2, 0) is 10.0 Å². The Morgan fingerprint density at radius 3 is 2.55 bits per heavy atom. The predicted molar refractivity (Wildman–Crippen MR) is 120 cm³/mol. The largest absolute Gasteiger partial charge is 0.453 e. The van der Waals surface area contributed by atoms with Gasteiger partial charge in [0.15, 0.2) is 16.6 Å². The van der Waals surface area contributed by atoms with Crippen molar-refractivity contribution in [2.75, 3.05) is 19.3 Å². The minimum absolute atomic E-state index is 0.1000. The van der Waals surface area contributed by atoms with Crippen LogP contribution in [0.5, 0.6) is 0 Å². The van der Waals surface area contributed by atoms with Crippen molar-refractivity contribution < 1.29 is 12.8 Å². The Kier molecular flexibility index (Phi) is 5.30. The van der Waals surface area contributed by atoms with Crippen molar-refractivity contribution in [1.29, 1.82) is 0 Å². The first-order valence-electron chi connectivity index (χ1n) is 9.52. The molecular formula is C19H17Cl2N5O3S2. The monoisotopic (exact) mass is 497 g/mol. The number of piperidine rings is 1. The van der Waals surface area contributed by atoms with Gasteiger partial charge in [-0.15, -0.1) is 15.3 Å². The number of hydrogen-bond donors (Lipinski definition) is 0. The lowest BCUT2D eigenvalue weighted by Crippen LogP contribution is -2.37. The van der Waals surface area contributed by atoms with Crippen LogP contribution in [0.15, 0.2) is 34.7 Å². The van der Waals surface area contributed by atoms with Gasteiger partial charge in [0.05, 0.1) is 11.3 Å². The maximum atomic E-state index is 11.8. The van der Waals surface area contributed by atoms with Crippen molar-refractivity contribution in [2.24, 2.45) is 0 Å². The number of fused-ring (bicyclic) bond motifs is 1. The van der Waals surface area contributed by atoms with E-state index in [1.165, 1.54) is 21.9 Å². The van der Waals surface area contributed by atoms with Crippen LogP contribution in [0.4, 0.5) is 0 Å². The maximum Gasteiger partial charge on any atom is 0.235 e. The molecule has 1 aliphatic rings. The van der Waals surface area contributed by atoms with E-state index in [9.17, 15) is 8.42 Å². The molecule has 0 unspecified atom stereocenters. The van der Waals surface area contributed by atoms with Gasteiger partial charge >= 0.3 is 0 Å². The topological polar surface area (TPSA) is 93.6 Å². The lowest BCUT2D eigenvalue weighted by atomic mass is 9.97. The van der Waals surface area contributed by atoms with Gasteiger partial charge in [0.2, 0.25) is 15.0 Å². The van der Waals surface area contributed by atoms with E-state index in [0.717, 1.165) is 11.4 Å². The Morgan fingerprint density at radius 1 is 1.10 bits per heavy atom. The van der Waals surface area contributed by atoms with Gasteiger partial charge in [-0.05, 0) is 43.2 Å².